The zero-order valence-electron chi connectivity index (χ0n) is 19.4. The second-order valence-electron chi connectivity index (χ2n) is 8.43. The number of benzene rings is 2. The molecule has 33 heavy (non-hydrogen) atoms. The van der Waals surface area contributed by atoms with Gasteiger partial charge in [-0.1, -0.05) is 42.3 Å². The van der Waals surface area contributed by atoms with Crippen molar-refractivity contribution >= 4 is 33.2 Å². The number of anilines is 1. The predicted molar refractivity (Wildman–Crippen MR) is 132 cm³/mol. The van der Waals surface area contributed by atoms with Gasteiger partial charge >= 0.3 is 0 Å². The van der Waals surface area contributed by atoms with E-state index in [1.807, 2.05) is 12.1 Å². The summed E-state index contributed by atoms with van der Waals surface area (Å²) < 4.78 is 31.6. The maximum atomic E-state index is 13.0. The van der Waals surface area contributed by atoms with Crippen molar-refractivity contribution in [3.8, 4) is 5.75 Å². The first kappa shape index (κ1) is 25.3. The van der Waals surface area contributed by atoms with Crippen molar-refractivity contribution in [2.24, 2.45) is 0 Å². The van der Waals surface area contributed by atoms with Gasteiger partial charge in [-0.25, -0.2) is 8.42 Å². The molecule has 0 spiro atoms. The Kier molecular flexibility index (Phi) is 8.62. The van der Waals surface area contributed by atoms with Gasteiger partial charge in [0.2, 0.25) is 15.9 Å². The van der Waals surface area contributed by atoms with Crippen LogP contribution in [0.1, 0.15) is 37.3 Å². The topological polar surface area (TPSA) is 79.0 Å². The molecule has 3 rings (SSSR count). The number of hydrogen-bond donors (Lipinski definition) is 1. The lowest BCUT2D eigenvalue weighted by Gasteiger charge is -2.29. The first-order chi connectivity index (χ1) is 15.7. The highest BCUT2D eigenvalue weighted by Crippen LogP contribution is 2.34. The molecule has 1 fully saturated rings. The monoisotopic (exact) mass is 493 g/mol. The Bertz CT molecular complexity index is 1070. The lowest BCUT2D eigenvalue weighted by Crippen LogP contribution is -2.47. The molecule has 1 amide bonds. The molecule has 7 nitrogen and oxygen atoms in total. The minimum Gasteiger partial charge on any atom is -0.495 e. The zero-order valence-corrected chi connectivity index (χ0v) is 21.0. The van der Waals surface area contributed by atoms with Crippen LogP contribution in [0.3, 0.4) is 0 Å². The molecular weight excluding hydrogens is 462 g/mol. The van der Waals surface area contributed by atoms with Crippen LogP contribution in [0.2, 0.25) is 5.02 Å². The van der Waals surface area contributed by atoms with Crippen LogP contribution in [0.15, 0.2) is 42.5 Å². The SMILES string of the molecule is COc1ccc(Cl)cc1N([C@@H](C)C(=O)NCc1cccc(CN2CCCCC2)c1)S(C)(=O)=O. The van der Waals surface area contributed by atoms with Gasteiger partial charge in [-0.05, 0) is 62.2 Å². The zero-order chi connectivity index (χ0) is 24.0. The molecule has 0 unspecified atom stereocenters. The maximum absolute atomic E-state index is 13.0. The molecule has 1 N–H and O–H groups in total. The number of ether oxygens (including phenoxy) is 1. The summed E-state index contributed by atoms with van der Waals surface area (Å²) >= 11 is 6.10. The number of hydrogen-bond acceptors (Lipinski definition) is 5. The average molecular weight is 494 g/mol. The molecule has 1 aliphatic heterocycles. The summed E-state index contributed by atoms with van der Waals surface area (Å²) in [5, 5.41) is 3.22. The van der Waals surface area contributed by atoms with Crippen molar-refractivity contribution in [1.29, 1.82) is 0 Å². The third-order valence-corrected chi connectivity index (χ3v) is 7.24. The molecule has 1 saturated heterocycles. The van der Waals surface area contributed by atoms with E-state index >= 15 is 0 Å². The lowest BCUT2D eigenvalue weighted by molar-refractivity contribution is -0.122. The van der Waals surface area contributed by atoms with E-state index in [9.17, 15) is 13.2 Å². The third-order valence-electron chi connectivity index (χ3n) is 5.78. The van der Waals surface area contributed by atoms with Crippen LogP contribution >= 0.6 is 11.6 Å². The fraction of sp³-hybridized carbons (Fsp3) is 0.458. The number of carbonyl (C=O) groups is 1. The van der Waals surface area contributed by atoms with Crippen LogP contribution in [-0.4, -0.2) is 51.7 Å². The van der Waals surface area contributed by atoms with E-state index in [4.69, 9.17) is 16.3 Å². The van der Waals surface area contributed by atoms with Crippen molar-refractivity contribution in [3.05, 3.63) is 58.6 Å². The van der Waals surface area contributed by atoms with Gasteiger partial charge < -0.3 is 10.1 Å². The van der Waals surface area contributed by atoms with Crippen LogP contribution in [-0.2, 0) is 27.9 Å². The maximum Gasteiger partial charge on any atom is 0.243 e. The number of rotatable bonds is 9. The van der Waals surface area contributed by atoms with E-state index in [0.717, 1.165) is 35.8 Å². The van der Waals surface area contributed by atoms with Crippen molar-refractivity contribution in [2.45, 2.75) is 45.3 Å². The summed E-state index contributed by atoms with van der Waals surface area (Å²) in [6.45, 7) is 4.99. The number of nitrogens with one attached hydrogen (secondary N) is 1. The van der Waals surface area contributed by atoms with E-state index in [2.05, 4.69) is 22.3 Å². The van der Waals surface area contributed by atoms with Crippen molar-refractivity contribution in [2.75, 3.05) is 30.8 Å². The lowest BCUT2D eigenvalue weighted by atomic mass is 10.1. The van der Waals surface area contributed by atoms with Gasteiger partial charge in [-0.3, -0.25) is 14.0 Å². The van der Waals surface area contributed by atoms with Gasteiger partial charge in [0.05, 0.1) is 19.1 Å². The molecule has 0 saturated carbocycles. The van der Waals surface area contributed by atoms with E-state index in [0.29, 0.717) is 17.3 Å². The number of halogens is 1. The van der Waals surface area contributed by atoms with Crippen molar-refractivity contribution in [1.82, 2.24) is 10.2 Å². The summed E-state index contributed by atoms with van der Waals surface area (Å²) in [6.07, 6.45) is 4.83. The average Bonchev–Trinajstić information content (AvgIpc) is 2.78. The standard InChI is InChI=1S/C24H32ClN3O4S/c1-18(28(33(3,30)31)22-15-21(25)10-11-23(22)32-2)24(29)26-16-19-8-7-9-20(14-19)17-27-12-5-4-6-13-27/h7-11,14-15,18H,4-6,12-13,16-17H2,1-3H3,(H,26,29)/t18-/m0/s1. The molecule has 1 aliphatic rings. The molecule has 2 aromatic carbocycles. The van der Waals surface area contributed by atoms with Crippen molar-refractivity contribution in [3.63, 3.8) is 0 Å². The van der Waals surface area contributed by atoms with Gasteiger partial charge in [-0.2, -0.15) is 0 Å². The van der Waals surface area contributed by atoms with Gasteiger partial charge in [0.25, 0.3) is 0 Å². The third kappa shape index (κ3) is 6.85. The Morgan fingerprint density at radius 3 is 2.52 bits per heavy atom. The molecule has 1 heterocycles. The first-order valence-corrected chi connectivity index (χ1v) is 13.3. The predicted octanol–water partition coefficient (Wildman–Crippen LogP) is 3.81. The fourth-order valence-electron chi connectivity index (χ4n) is 4.17. The quantitative estimate of drug-likeness (QED) is 0.574. The molecule has 2 aromatic rings. The van der Waals surface area contributed by atoms with E-state index in [-0.39, 0.29) is 5.69 Å². The van der Waals surface area contributed by atoms with Crippen LogP contribution in [0, 0.1) is 0 Å². The van der Waals surface area contributed by atoms with Crippen molar-refractivity contribution < 1.29 is 17.9 Å². The summed E-state index contributed by atoms with van der Waals surface area (Å²) in [7, 11) is -2.35. The number of sulfonamides is 1. The van der Waals surface area contributed by atoms with E-state index in [1.54, 1.807) is 19.1 Å². The molecule has 1 atom stereocenters. The smallest absolute Gasteiger partial charge is 0.243 e. The summed E-state index contributed by atoms with van der Waals surface area (Å²) in [4.78, 5) is 15.4. The van der Waals surface area contributed by atoms with E-state index < -0.39 is 22.0 Å². The number of nitrogens with zero attached hydrogens (tertiary/aromatic N) is 2. The fourth-order valence-corrected chi connectivity index (χ4v) is 5.50. The van der Waals surface area contributed by atoms with Gasteiger partial charge in [-0.15, -0.1) is 0 Å². The number of likely N-dealkylation sites (tertiary alicyclic amines) is 1. The summed E-state index contributed by atoms with van der Waals surface area (Å²) in [5.41, 5.74) is 2.40. The van der Waals surface area contributed by atoms with E-state index in [1.165, 1.54) is 38.0 Å². The molecule has 0 aliphatic carbocycles. The molecule has 0 radical (unpaired) electrons. The van der Waals surface area contributed by atoms with Crippen LogP contribution in [0.4, 0.5) is 5.69 Å². The Balaban J connectivity index is 1.71. The first-order valence-electron chi connectivity index (χ1n) is 11.1. The summed E-state index contributed by atoms with van der Waals surface area (Å²) in [6, 6.07) is 11.8. The van der Waals surface area contributed by atoms with Gasteiger partial charge in [0.1, 0.15) is 11.8 Å². The molecule has 180 valence electrons. The van der Waals surface area contributed by atoms with Crippen LogP contribution in [0.5, 0.6) is 5.75 Å². The van der Waals surface area contributed by atoms with Gasteiger partial charge in [0, 0.05) is 18.1 Å². The Labute approximate surface area is 201 Å². The highest BCUT2D eigenvalue weighted by Gasteiger charge is 2.31. The number of carbonyl (C=O) groups excluding carboxylic acids is 1. The Morgan fingerprint density at radius 1 is 1.15 bits per heavy atom. The largest absolute Gasteiger partial charge is 0.495 e. The number of methoxy groups -OCH3 is 1. The molecule has 9 heteroatoms. The number of piperidine rings is 1. The second kappa shape index (κ2) is 11.2. The second-order valence-corrected chi connectivity index (χ2v) is 10.7. The molecule has 0 bridgehead atoms. The molecular formula is C24H32ClN3O4S. The summed E-state index contributed by atoms with van der Waals surface area (Å²) in [5.74, 6) is -0.0984. The Hall–Kier alpha value is -2.29. The molecule has 0 aromatic heterocycles. The number of amides is 1. The highest BCUT2D eigenvalue weighted by molar-refractivity contribution is 7.92. The van der Waals surface area contributed by atoms with Gasteiger partial charge in [0.15, 0.2) is 0 Å². The Morgan fingerprint density at radius 2 is 1.85 bits per heavy atom. The van der Waals surface area contributed by atoms with Crippen LogP contribution in [0.25, 0.3) is 0 Å². The minimum absolute atomic E-state index is 0.221. The highest BCUT2D eigenvalue weighted by atomic mass is 35.5. The van der Waals surface area contributed by atoms with Crippen LogP contribution < -0.4 is 14.4 Å². The normalized spacial score (nSPS) is 15.6. The minimum atomic E-state index is -3.79.